The summed E-state index contributed by atoms with van der Waals surface area (Å²) >= 11 is 7.56. The summed E-state index contributed by atoms with van der Waals surface area (Å²) in [6.45, 7) is 0.934. The number of fused-ring (bicyclic) bond motifs is 1. The number of benzene rings is 1. The van der Waals surface area contributed by atoms with Crippen molar-refractivity contribution in [3.8, 4) is 0 Å². The molecular weight excluding hydrogens is 263 g/mol. The molecule has 1 fully saturated rings. The summed E-state index contributed by atoms with van der Waals surface area (Å²) in [6.07, 6.45) is 0. The van der Waals surface area contributed by atoms with E-state index in [-0.39, 0.29) is 11.1 Å². The molecule has 0 saturated carbocycles. The van der Waals surface area contributed by atoms with Gasteiger partial charge in [0.2, 0.25) is 5.89 Å². The van der Waals surface area contributed by atoms with Gasteiger partial charge >= 0.3 is 0 Å². The molecule has 1 saturated heterocycles. The largest absolute Gasteiger partial charge is 0.439 e. The molecule has 1 aromatic heterocycles. The normalized spacial score (nSPS) is 20.9. The second kappa shape index (κ2) is 4.48. The van der Waals surface area contributed by atoms with Crippen LogP contribution in [-0.2, 0) is 0 Å². The van der Waals surface area contributed by atoms with Crippen LogP contribution >= 0.6 is 23.4 Å². The van der Waals surface area contributed by atoms with Gasteiger partial charge in [0.1, 0.15) is 11.3 Å². The highest BCUT2D eigenvalue weighted by Gasteiger charge is 2.21. The second-order valence-electron chi connectivity index (χ2n) is 3.87. The van der Waals surface area contributed by atoms with Crippen LogP contribution in [0.4, 0.5) is 4.39 Å². The quantitative estimate of drug-likeness (QED) is 0.866. The fourth-order valence-corrected chi connectivity index (χ4v) is 2.90. The lowest BCUT2D eigenvalue weighted by Gasteiger charge is -2.19. The zero-order valence-electron chi connectivity index (χ0n) is 8.87. The zero-order chi connectivity index (χ0) is 11.8. The van der Waals surface area contributed by atoms with Gasteiger partial charge in [-0.1, -0.05) is 11.6 Å². The summed E-state index contributed by atoms with van der Waals surface area (Å²) in [5, 5.41) is 3.39. The number of aromatic nitrogens is 1. The van der Waals surface area contributed by atoms with E-state index >= 15 is 0 Å². The minimum atomic E-state index is -0.479. The van der Waals surface area contributed by atoms with E-state index in [1.807, 2.05) is 11.8 Å². The predicted octanol–water partition coefficient (Wildman–Crippen LogP) is 3.00. The Hall–Kier alpha value is -0.780. The summed E-state index contributed by atoms with van der Waals surface area (Å²) in [4.78, 5) is 4.34. The Balaban J connectivity index is 2.00. The standard InChI is InChI=1S/C11H10ClFN2OS/c12-6-3-8-10(4-7(6)13)16-11(15-8)9-5-17-2-1-14-9/h3-4,9,14H,1-2,5H2. The Morgan fingerprint density at radius 1 is 1.53 bits per heavy atom. The Labute approximate surface area is 107 Å². The number of hydrogen-bond donors (Lipinski definition) is 1. The van der Waals surface area contributed by atoms with Gasteiger partial charge in [0.15, 0.2) is 5.58 Å². The molecule has 0 aliphatic carbocycles. The van der Waals surface area contributed by atoms with Crippen LogP contribution in [0, 0.1) is 5.82 Å². The number of hydrogen-bond acceptors (Lipinski definition) is 4. The van der Waals surface area contributed by atoms with E-state index < -0.39 is 5.82 Å². The third kappa shape index (κ3) is 2.14. The molecular formula is C11H10ClFN2OS. The van der Waals surface area contributed by atoms with Crippen LogP contribution in [0.5, 0.6) is 0 Å². The van der Waals surface area contributed by atoms with E-state index in [2.05, 4.69) is 10.3 Å². The van der Waals surface area contributed by atoms with Crippen LogP contribution in [0.3, 0.4) is 0 Å². The van der Waals surface area contributed by atoms with E-state index in [1.165, 1.54) is 12.1 Å². The average molecular weight is 273 g/mol. The Morgan fingerprint density at radius 2 is 2.41 bits per heavy atom. The van der Waals surface area contributed by atoms with Crippen molar-refractivity contribution in [3.63, 3.8) is 0 Å². The van der Waals surface area contributed by atoms with Gasteiger partial charge in [0.05, 0.1) is 11.1 Å². The number of oxazole rings is 1. The Morgan fingerprint density at radius 3 is 3.18 bits per heavy atom. The number of halogens is 2. The SMILES string of the molecule is Fc1cc2oc(C3CSCCN3)nc2cc1Cl. The lowest BCUT2D eigenvalue weighted by Crippen LogP contribution is -2.30. The second-order valence-corrected chi connectivity index (χ2v) is 5.42. The van der Waals surface area contributed by atoms with Crippen LogP contribution in [-0.4, -0.2) is 23.0 Å². The van der Waals surface area contributed by atoms with Crippen molar-refractivity contribution in [2.75, 3.05) is 18.1 Å². The first-order chi connectivity index (χ1) is 8.24. The summed E-state index contributed by atoms with van der Waals surface area (Å²) < 4.78 is 18.8. The molecule has 90 valence electrons. The van der Waals surface area contributed by atoms with Crippen LogP contribution in [0.2, 0.25) is 5.02 Å². The number of nitrogens with one attached hydrogen (secondary N) is 1. The van der Waals surface area contributed by atoms with Crippen molar-refractivity contribution < 1.29 is 8.81 Å². The first-order valence-corrected chi connectivity index (χ1v) is 6.84. The molecule has 1 aliphatic rings. The van der Waals surface area contributed by atoms with Crippen LogP contribution in [0.25, 0.3) is 11.1 Å². The van der Waals surface area contributed by atoms with Crippen LogP contribution < -0.4 is 5.32 Å². The summed E-state index contributed by atoms with van der Waals surface area (Å²) in [5.41, 5.74) is 1.04. The van der Waals surface area contributed by atoms with E-state index in [4.69, 9.17) is 16.0 Å². The van der Waals surface area contributed by atoms with Gasteiger partial charge in [-0.15, -0.1) is 0 Å². The number of nitrogens with zero attached hydrogens (tertiary/aromatic N) is 1. The fourth-order valence-electron chi connectivity index (χ4n) is 1.81. The molecule has 1 unspecified atom stereocenters. The highest BCUT2D eigenvalue weighted by Crippen LogP contribution is 2.27. The predicted molar refractivity (Wildman–Crippen MR) is 67.0 cm³/mol. The van der Waals surface area contributed by atoms with E-state index in [1.54, 1.807) is 0 Å². The first kappa shape index (κ1) is 11.3. The van der Waals surface area contributed by atoms with Gasteiger partial charge < -0.3 is 9.73 Å². The van der Waals surface area contributed by atoms with Gasteiger partial charge in [-0.05, 0) is 6.07 Å². The van der Waals surface area contributed by atoms with Crippen molar-refractivity contribution >= 4 is 34.5 Å². The third-order valence-electron chi connectivity index (χ3n) is 2.67. The highest BCUT2D eigenvalue weighted by molar-refractivity contribution is 7.99. The van der Waals surface area contributed by atoms with E-state index in [0.29, 0.717) is 17.0 Å². The number of thioether (sulfide) groups is 1. The minimum Gasteiger partial charge on any atom is -0.439 e. The zero-order valence-corrected chi connectivity index (χ0v) is 10.4. The maximum atomic E-state index is 13.3. The van der Waals surface area contributed by atoms with Gasteiger partial charge in [-0.2, -0.15) is 11.8 Å². The van der Waals surface area contributed by atoms with E-state index in [0.717, 1.165) is 18.1 Å². The fraction of sp³-hybridized carbons (Fsp3) is 0.364. The molecule has 0 spiro atoms. The first-order valence-electron chi connectivity index (χ1n) is 5.30. The molecule has 1 aromatic carbocycles. The molecule has 17 heavy (non-hydrogen) atoms. The molecule has 2 heterocycles. The molecule has 1 N–H and O–H groups in total. The van der Waals surface area contributed by atoms with Crippen molar-refractivity contribution in [2.45, 2.75) is 6.04 Å². The van der Waals surface area contributed by atoms with Gasteiger partial charge in [0.25, 0.3) is 0 Å². The van der Waals surface area contributed by atoms with Crippen LogP contribution in [0.1, 0.15) is 11.9 Å². The Kier molecular flexibility index (Phi) is 2.98. The smallest absolute Gasteiger partial charge is 0.213 e. The maximum Gasteiger partial charge on any atom is 0.213 e. The minimum absolute atomic E-state index is 0.0725. The molecule has 2 aromatic rings. The molecule has 0 bridgehead atoms. The van der Waals surface area contributed by atoms with Gasteiger partial charge in [-0.3, -0.25) is 0 Å². The van der Waals surface area contributed by atoms with Crippen LogP contribution in [0.15, 0.2) is 16.5 Å². The molecule has 3 rings (SSSR count). The maximum absolute atomic E-state index is 13.3. The van der Waals surface area contributed by atoms with Gasteiger partial charge in [-0.25, -0.2) is 9.37 Å². The summed E-state index contributed by atoms with van der Waals surface area (Å²) in [5.74, 6) is 2.14. The molecule has 1 aliphatic heterocycles. The molecule has 0 amide bonds. The molecule has 3 nitrogen and oxygen atoms in total. The topological polar surface area (TPSA) is 38.1 Å². The summed E-state index contributed by atoms with van der Waals surface area (Å²) in [6, 6.07) is 2.88. The van der Waals surface area contributed by atoms with Crippen molar-refractivity contribution in [2.24, 2.45) is 0 Å². The molecule has 6 heteroatoms. The van der Waals surface area contributed by atoms with Crippen molar-refractivity contribution in [3.05, 3.63) is 28.9 Å². The summed E-state index contributed by atoms with van der Waals surface area (Å²) in [7, 11) is 0. The monoisotopic (exact) mass is 272 g/mol. The third-order valence-corrected chi connectivity index (χ3v) is 4.02. The molecule has 1 atom stereocenters. The van der Waals surface area contributed by atoms with E-state index in [9.17, 15) is 4.39 Å². The Bertz CT molecular complexity index is 515. The lowest BCUT2D eigenvalue weighted by atomic mass is 10.3. The lowest BCUT2D eigenvalue weighted by molar-refractivity contribution is 0.441. The molecule has 0 radical (unpaired) electrons. The average Bonchev–Trinajstić information content (AvgIpc) is 2.74. The van der Waals surface area contributed by atoms with Crippen molar-refractivity contribution in [1.82, 2.24) is 10.3 Å². The highest BCUT2D eigenvalue weighted by atomic mass is 35.5. The van der Waals surface area contributed by atoms with Gasteiger partial charge in [0, 0.05) is 24.1 Å². The number of rotatable bonds is 1. The van der Waals surface area contributed by atoms with Crippen molar-refractivity contribution in [1.29, 1.82) is 0 Å².